The Balaban J connectivity index is 1.46. The Labute approximate surface area is 175 Å². The molecule has 0 unspecified atom stereocenters. The number of hydrogen-bond donors (Lipinski definition) is 1. The van der Waals surface area contributed by atoms with Crippen LogP contribution in [0.2, 0.25) is 0 Å². The molecule has 1 amide bonds. The summed E-state index contributed by atoms with van der Waals surface area (Å²) in [5, 5.41) is 4.19. The van der Waals surface area contributed by atoms with Crippen molar-refractivity contribution in [2.45, 2.75) is 46.7 Å². The minimum absolute atomic E-state index is 0.00982. The highest BCUT2D eigenvalue weighted by atomic mass is 32.1. The highest BCUT2D eigenvalue weighted by Gasteiger charge is 2.50. The molecule has 4 heterocycles. The Morgan fingerprint density at radius 1 is 1.28 bits per heavy atom. The molecular weight excluding hydrogens is 386 g/mol. The van der Waals surface area contributed by atoms with Gasteiger partial charge in [0.1, 0.15) is 5.82 Å². The van der Waals surface area contributed by atoms with Gasteiger partial charge >= 0.3 is 0 Å². The molecule has 0 radical (unpaired) electrons. The molecule has 0 aromatic carbocycles. The number of nitrogens with one attached hydrogen (secondary N) is 1. The second-order valence-corrected chi connectivity index (χ2v) is 9.62. The van der Waals surface area contributed by atoms with Crippen LogP contribution >= 0.6 is 11.3 Å². The summed E-state index contributed by atoms with van der Waals surface area (Å²) in [6.45, 7) is 10.5. The summed E-state index contributed by atoms with van der Waals surface area (Å²) in [5.41, 5.74) is 2.11. The van der Waals surface area contributed by atoms with E-state index in [1.165, 1.54) is 4.88 Å². The molecule has 2 saturated heterocycles. The maximum atomic E-state index is 13.2. The molecule has 8 heteroatoms. The fraction of sp³-hybridized carbons (Fsp3) is 0.619. The molecule has 2 aromatic heterocycles. The van der Waals surface area contributed by atoms with E-state index in [1.54, 1.807) is 23.7 Å². The average Bonchev–Trinajstić information content (AvgIpc) is 3.20. The van der Waals surface area contributed by atoms with Gasteiger partial charge in [0, 0.05) is 55.5 Å². The summed E-state index contributed by atoms with van der Waals surface area (Å²) >= 11 is 1.76. The highest BCUT2D eigenvalue weighted by molar-refractivity contribution is 7.11. The second-order valence-electron chi connectivity index (χ2n) is 8.33. The van der Waals surface area contributed by atoms with Gasteiger partial charge in [-0.25, -0.2) is 15.0 Å². The van der Waals surface area contributed by atoms with E-state index in [4.69, 9.17) is 4.74 Å². The third kappa shape index (κ3) is 4.49. The maximum Gasteiger partial charge on any atom is 0.225 e. The van der Waals surface area contributed by atoms with Gasteiger partial charge in [0.15, 0.2) is 0 Å². The zero-order chi connectivity index (χ0) is 20.4. The lowest BCUT2D eigenvalue weighted by atomic mass is 9.72. The van der Waals surface area contributed by atoms with Crippen LogP contribution in [0.4, 0.5) is 0 Å². The number of likely N-dealkylation sites (tertiary alicyclic amines) is 1. The molecule has 2 aliphatic rings. The van der Waals surface area contributed by atoms with Crippen LogP contribution < -0.4 is 5.32 Å². The summed E-state index contributed by atoms with van der Waals surface area (Å²) < 4.78 is 5.62. The molecule has 156 valence electrons. The first-order valence-corrected chi connectivity index (χ1v) is 11.0. The van der Waals surface area contributed by atoms with Gasteiger partial charge in [-0.3, -0.25) is 9.69 Å². The summed E-state index contributed by atoms with van der Waals surface area (Å²) in [6.07, 6.45) is 5.43. The summed E-state index contributed by atoms with van der Waals surface area (Å²) in [6, 6.07) is 0. The molecule has 0 saturated carbocycles. The smallest absolute Gasteiger partial charge is 0.225 e. The minimum Gasteiger partial charge on any atom is -0.381 e. The Morgan fingerprint density at radius 3 is 2.66 bits per heavy atom. The van der Waals surface area contributed by atoms with Crippen molar-refractivity contribution in [2.24, 2.45) is 11.3 Å². The Kier molecular flexibility index (Phi) is 5.94. The maximum absolute atomic E-state index is 13.2. The molecular formula is C21H29N5O2S. The number of ether oxygens (including phenoxy) is 1. The quantitative estimate of drug-likeness (QED) is 0.808. The van der Waals surface area contributed by atoms with Crippen LogP contribution in [-0.2, 0) is 22.6 Å². The molecule has 29 heavy (non-hydrogen) atoms. The molecule has 1 N–H and O–H groups in total. The molecule has 2 fully saturated rings. The zero-order valence-electron chi connectivity index (χ0n) is 17.4. The monoisotopic (exact) mass is 415 g/mol. The Bertz CT molecular complexity index is 860. The predicted molar refractivity (Wildman–Crippen MR) is 111 cm³/mol. The molecule has 0 aliphatic carbocycles. The van der Waals surface area contributed by atoms with Crippen molar-refractivity contribution >= 4 is 17.2 Å². The number of rotatable bonds is 5. The topological polar surface area (TPSA) is 80.2 Å². The van der Waals surface area contributed by atoms with Gasteiger partial charge in [-0.1, -0.05) is 0 Å². The van der Waals surface area contributed by atoms with Crippen LogP contribution in [0.1, 0.15) is 39.8 Å². The van der Waals surface area contributed by atoms with E-state index in [-0.39, 0.29) is 17.2 Å². The number of aryl methyl sites for hydroxylation is 3. The first-order valence-electron chi connectivity index (χ1n) is 10.2. The highest BCUT2D eigenvalue weighted by Crippen LogP contribution is 2.45. The fourth-order valence-corrected chi connectivity index (χ4v) is 5.54. The third-order valence-corrected chi connectivity index (χ3v) is 7.20. The van der Waals surface area contributed by atoms with Crippen molar-refractivity contribution in [3.05, 3.63) is 39.4 Å². The van der Waals surface area contributed by atoms with Gasteiger partial charge in [-0.05, 0) is 39.2 Å². The molecule has 0 bridgehead atoms. The molecule has 1 spiro atoms. The number of carbonyl (C=O) groups excluding carboxylic acids is 1. The van der Waals surface area contributed by atoms with Gasteiger partial charge in [0.25, 0.3) is 0 Å². The van der Waals surface area contributed by atoms with Crippen molar-refractivity contribution < 1.29 is 9.53 Å². The Hall–Kier alpha value is -1.90. The SMILES string of the molecule is Cc1cnc(CNC(=O)[C@H]2CN(Cc3sc(C)nc3C)CC23CCOCC3)nc1. The van der Waals surface area contributed by atoms with E-state index in [9.17, 15) is 4.79 Å². The third-order valence-electron chi connectivity index (χ3n) is 6.15. The molecule has 2 aliphatic heterocycles. The van der Waals surface area contributed by atoms with Gasteiger partial charge in [0.2, 0.25) is 5.91 Å². The van der Waals surface area contributed by atoms with Crippen molar-refractivity contribution in [2.75, 3.05) is 26.3 Å². The van der Waals surface area contributed by atoms with Crippen LogP contribution in [0.3, 0.4) is 0 Å². The number of amides is 1. The van der Waals surface area contributed by atoms with Crippen LogP contribution in [-0.4, -0.2) is 52.1 Å². The number of thiazole rings is 1. The first kappa shape index (κ1) is 20.4. The lowest BCUT2D eigenvalue weighted by Gasteiger charge is -2.37. The van der Waals surface area contributed by atoms with Crippen molar-refractivity contribution in [1.82, 2.24) is 25.2 Å². The summed E-state index contributed by atoms with van der Waals surface area (Å²) in [7, 11) is 0. The number of hydrogen-bond acceptors (Lipinski definition) is 7. The van der Waals surface area contributed by atoms with Gasteiger partial charge in [0.05, 0.1) is 23.2 Å². The molecule has 1 atom stereocenters. The average molecular weight is 416 g/mol. The number of nitrogens with zero attached hydrogens (tertiary/aromatic N) is 4. The normalized spacial score (nSPS) is 21.6. The van der Waals surface area contributed by atoms with Gasteiger partial charge < -0.3 is 10.1 Å². The van der Waals surface area contributed by atoms with Gasteiger partial charge in [-0.2, -0.15) is 0 Å². The summed E-state index contributed by atoms with van der Waals surface area (Å²) in [4.78, 5) is 30.1. The fourth-order valence-electron chi connectivity index (χ4n) is 4.56. The van der Waals surface area contributed by atoms with Crippen LogP contribution in [0.15, 0.2) is 12.4 Å². The van der Waals surface area contributed by atoms with Crippen molar-refractivity contribution in [1.29, 1.82) is 0 Å². The standard InChI is InChI=1S/C21H29N5O2S/c1-14-8-22-19(23-9-14)10-24-20(27)17-11-26(12-18-15(2)25-16(3)29-18)13-21(17)4-6-28-7-5-21/h8-9,17H,4-7,10-13H2,1-3H3,(H,24,27)/t17-/m1/s1. The van der Waals surface area contributed by atoms with Gasteiger partial charge in [-0.15, -0.1) is 11.3 Å². The minimum atomic E-state index is -0.0360. The van der Waals surface area contributed by atoms with E-state index in [1.807, 2.05) is 6.92 Å². The Morgan fingerprint density at radius 2 is 2.00 bits per heavy atom. The van der Waals surface area contributed by atoms with Crippen molar-refractivity contribution in [3.63, 3.8) is 0 Å². The van der Waals surface area contributed by atoms with E-state index in [0.29, 0.717) is 12.4 Å². The van der Waals surface area contributed by atoms with E-state index >= 15 is 0 Å². The van der Waals surface area contributed by atoms with Crippen LogP contribution in [0.5, 0.6) is 0 Å². The van der Waals surface area contributed by atoms with Crippen LogP contribution in [0.25, 0.3) is 0 Å². The summed E-state index contributed by atoms with van der Waals surface area (Å²) in [5.74, 6) is 0.720. The van der Waals surface area contributed by atoms with E-state index < -0.39 is 0 Å². The van der Waals surface area contributed by atoms with E-state index in [0.717, 1.165) is 62.0 Å². The largest absolute Gasteiger partial charge is 0.381 e. The number of carbonyl (C=O) groups is 1. The lowest BCUT2D eigenvalue weighted by Crippen LogP contribution is -2.44. The molecule has 2 aromatic rings. The predicted octanol–water partition coefficient (Wildman–Crippen LogP) is 2.40. The first-order chi connectivity index (χ1) is 13.9. The molecule has 4 rings (SSSR count). The lowest BCUT2D eigenvalue weighted by molar-refractivity contribution is -0.130. The van der Waals surface area contributed by atoms with E-state index in [2.05, 4.69) is 39.0 Å². The second kappa shape index (κ2) is 8.45. The zero-order valence-corrected chi connectivity index (χ0v) is 18.2. The van der Waals surface area contributed by atoms with Crippen molar-refractivity contribution in [3.8, 4) is 0 Å². The number of aromatic nitrogens is 3. The van der Waals surface area contributed by atoms with Crippen LogP contribution in [0, 0.1) is 32.1 Å². The molecule has 7 nitrogen and oxygen atoms in total.